The lowest BCUT2D eigenvalue weighted by Gasteiger charge is -2.11. The maximum atomic E-state index is 9.97. The Morgan fingerprint density at radius 3 is 2.74 bits per heavy atom. The Labute approximate surface area is 184 Å². The van der Waals surface area contributed by atoms with Crippen LogP contribution in [0.25, 0.3) is 31.8 Å². The van der Waals surface area contributed by atoms with Crippen LogP contribution < -0.4 is 5.32 Å². The Bertz CT molecular complexity index is 1340. The summed E-state index contributed by atoms with van der Waals surface area (Å²) >= 11 is 1.80. The third kappa shape index (κ3) is 4.02. The van der Waals surface area contributed by atoms with Crippen LogP contribution in [0.3, 0.4) is 0 Å². The molecule has 6 heteroatoms. The molecule has 5 rings (SSSR count). The van der Waals surface area contributed by atoms with Crippen LogP contribution in [0, 0.1) is 6.92 Å². The van der Waals surface area contributed by atoms with E-state index < -0.39 is 0 Å². The van der Waals surface area contributed by atoms with Crippen LogP contribution in [0.4, 0.5) is 5.82 Å². The summed E-state index contributed by atoms with van der Waals surface area (Å²) in [6.07, 6.45) is 4.36. The third-order valence-corrected chi connectivity index (χ3v) is 6.65. The van der Waals surface area contributed by atoms with Crippen LogP contribution in [0.1, 0.15) is 11.3 Å². The molecule has 0 aliphatic heterocycles. The highest BCUT2D eigenvalue weighted by atomic mass is 32.1. The summed E-state index contributed by atoms with van der Waals surface area (Å²) in [5, 5.41) is 14.7. The van der Waals surface area contributed by atoms with E-state index in [-0.39, 0.29) is 5.75 Å². The van der Waals surface area contributed by atoms with Crippen molar-refractivity contribution in [2.24, 2.45) is 0 Å². The number of aryl methyl sites for hydroxylation is 1. The number of H-pyrrole nitrogens is 1. The number of nitrogens with zero attached hydrogens (tertiary/aromatic N) is 2. The van der Waals surface area contributed by atoms with E-state index in [1.54, 1.807) is 29.8 Å². The van der Waals surface area contributed by atoms with Crippen molar-refractivity contribution >= 4 is 27.2 Å². The first-order valence-electron chi connectivity index (χ1n) is 10.2. The number of imidazole rings is 1. The zero-order chi connectivity index (χ0) is 21.2. The van der Waals surface area contributed by atoms with Gasteiger partial charge in [-0.1, -0.05) is 30.3 Å². The lowest BCUT2D eigenvalue weighted by molar-refractivity contribution is 0.475. The molecule has 0 aliphatic carbocycles. The van der Waals surface area contributed by atoms with Gasteiger partial charge >= 0.3 is 0 Å². The molecule has 0 radical (unpaired) electrons. The van der Waals surface area contributed by atoms with Crippen LogP contribution in [-0.4, -0.2) is 26.6 Å². The number of benzene rings is 2. The van der Waals surface area contributed by atoms with Gasteiger partial charge in [0.05, 0.1) is 12.0 Å². The average molecular weight is 427 g/mol. The second-order valence-corrected chi connectivity index (χ2v) is 8.53. The molecule has 0 bridgehead atoms. The Morgan fingerprint density at radius 1 is 1.03 bits per heavy atom. The molecular weight excluding hydrogens is 404 g/mol. The van der Waals surface area contributed by atoms with Crippen molar-refractivity contribution in [2.45, 2.75) is 13.3 Å². The summed E-state index contributed by atoms with van der Waals surface area (Å²) in [5.74, 6) is 1.05. The van der Waals surface area contributed by atoms with Gasteiger partial charge in [-0.15, -0.1) is 11.3 Å². The van der Waals surface area contributed by atoms with Gasteiger partial charge in [-0.25, -0.2) is 9.97 Å². The van der Waals surface area contributed by atoms with E-state index in [1.807, 2.05) is 18.3 Å². The van der Waals surface area contributed by atoms with Crippen molar-refractivity contribution in [3.05, 3.63) is 84.4 Å². The van der Waals surface area contributed by atoms with Crippen LogP contribution in [0.2, 0.25) is 0 Å². The first-order valence-corrected chi connectivity index (χ1v) is 11.0. The number of hydrogen-bond donors (Lipinski definition) is 3. The molecule has 3 heterocycles. The SMILES string of the molecule is Cc1c(-c2cc(NCCc3cnc[nH]3)nc(-c3cccc(O)c3)c2)sc2ccccc12. The number of fused-ring (bicyclic) bond motifs is 1. The van der Waals surface area contributed by atoms with E-state index >= 15 is 0 Å². The van der Waals surface area contributed by atoms with Gasteiger partial charge in [0.15, 0.2) is 0 Å². The Hall–Kier alpha value is -3.64. The number of nitrogens with one attached hydrogen (secondary N) is 2. The summed E-state index contributed by atoms with van der Waals surface area (Å²) in [6.45, 7) is 2.91. The fourth-order valence-corrected chi connectivity index (χ4v) is 4.96. The number of thiophene rings is 1. The molecule has 0 atom stereocenters. The molecule has 0 spiro atoms. The zero-order valence-corrected chi connectivity index (χ0v) is 17.9. The van der Waals surface area contributed by atoms with Gasteiger partial charge in [-0.2, -0.15) is 0 Å². The van der Waals surface area contributed by atoms with E-state index in [0.29, 0.717) is 0 Å². The highest BCUT2D eigenvalue weighted by molar-refractivity contribution is 7.22. The van der Waals surface area contributed by atoms with E-state index in [1.165, 1.54) is 20.5 Å². The molecule has 31 heavy (non-hydrogen) atoms. The molecule has 3 N–H and O–H groups in total. The van der Waals surface area contributed by atoms with Gasteiger partial charge in [0, 0.05) is 40.0 Å². The zero-order valence-electron chi connectivity index (χ0n) is 17.1. The Morgan fingerprint density at radius 2 is 1.94 bits per heavy atom. The first kappa shape index (κ1) is 19.3. The number of aromatic hydroxyl groups is 1. The second kappa shape index (κ2) is 8.24. The monoisotopic (exact) mass is 426 g/mol. The molecule has 0 aliphatic rings. The molecule has 0 amide bonds. The molecule has 3 aromatic heterocycles. The van der Waals surface area contributed by atoms with Crippen molar-refractivity contribution in [2.75, 3.05) is 11.9 Å². The van der Waals surface area contributed by atoms with Gasteiger partial charge in [-0.05, 0) is 53.8 Å². The Kier molecular flexibility index (Phi) is 5.14. The van der Waals surface area contributed by atoms with E-state index in [0.717, 1.165) is 41.3 Å². The van der Waals surface area contributed by atoms with E-state index in [4.69, 9.17) is 4.98 Å². The van der Waals surface area contributed by atoms with Crippen LogP contribution in [-0.2, 0) is 6.42 Å². The van der Waals surface area contributed by atoms with Gasteiger partial charge in [0.1, 0.15) is 11.6 Å². The summed E-state index contributed by atoms with van der Waals surface area (Å²) in [7, 11) is 0. The fourth-order valence-electron chi connectivity index (χ4n) is 3.76. The summed E-state index contributed by atoms with van der Waals surface area (Å²) in [6, 6.07) is 19.9. The van der Waals surface area contributed by atoms with Crippen molar-refractivity contribution in [3.8, 4) is 27.4 Å². The number of rotatable bonds is 6. The Balaban J connectivity index is 1.55. The normalized spacial score (nSPS) is 11.1. The van der Waals surface area contributed by atoms with Crippen LogP contribution >= 0.6 is 11.3 Å². The van der Waals surface area contributed by atoms with Crippen molar-refractivity contribution < 1.29 is 5.11 Å². The van der Waals surface area contributed by atoms with E-state index in [2.05, 4.69) is 58.6 Å². The fraction of sp³-hybridized carbons (Fsp3) is 0.120. The number of pyridine rings is 1. The topological polar surface area (TPSA) is 73.8 Å². The number of aromatic nitrogens is 3. The van der Waals surface area contributed by atoms with Crippen molar-refractivity contribution in [1.82, 2.24) is 15.0 Å². The van der Waals surface area contributed by atoms with Crippen LogP contribution in [0.15, 0.2) is 73.2 Å². The van der Waals surface area contributed by atoms with Gasteiger partial charge in [0.2, 0.25) is 0 Å². The van der Waals surface area contributed by atoms with Crippen molar-refractivity contribution in [3.63, 3.8) is 0 Å². The molecule has 0 saturated carbocycles. The second-order valence-electron chi connectivity index (χ2n) is 7.48. The lowest BCUT2D eigenvalue weighted by atomic mass is 10.0. The number of anilines is 1. The molecule has 154 valence electrons. The largest absolute Gasteiger partial charge is 0.508 e. The number of phenols is 1. The molecule has 5 nitrogen and oxygen atoms in total. The molecule has 5 aromatic rings. The van der Waals surface area contributed by atoms with Gasteiger partial charge in [0.25, 0.3) is 0 Å². The minimum absolute atomic E-state index is 0.233. The molecule has 2 aromatic carbocycles. The van der Waals surface area contributed by atoms with Gasteiger partial charge < -0.3 is 15.4 Å². The summed E-state index contributed by atoms with van der Waals surface area (Å²) in [4.78, 5) is 13.3. The highest BCUT2D eigenvalue weighted by Gasteiger charge is 2.13. The molecular formula is C25H22N4OS. The lowest BCUT2D eigenvalue weighted by Crippen LogP contribution is -2.07. The smallest absolute Gasteiger partial charge is 0.127 e. The predicted molar refractivity (Wildman–Crippen MR) is 128 cm³/mol. The quantitative estimate of drug-likeness (QED) is 0.310. The molecule has 0 unspecified atom stereocenters. The van der Waals surface area contributed by atoms with Gasteiger partial charge in [-0.3, -0.25) is 0 Å². The predicted octanol–water partition coefficient (Wildman–Crippen LogP) is 6.02. The van der Waals surface area contributed by atoms with E-state index in [9.17, 15) is 5.11 Å². The minimum atomic E-state index is 0.233. The molecule has 0 fully saturated rings. The number of hydrogen-bond acceptors (Lipinski definition) is 5. The maximum Gasteiger partial charge on any atom is 0.127 e. The maximum absolute atomic E-state index is 9.97. The molecule has 0 saturated heterocycles. The minimum Gasteiger partial charge on any atom is -0.508 e. The third-order valence-electron chi connectivity index (χ3n) is 5.33. The number of aromatic amines is 1. The number of phenolic OH excluding ortho intramolecular Hbond substituents is 1. The average Bonchev–Trinajstić information content (AvgIpc) is 3.42. The van der Waals surface area contributed by atoms with Crippen LogP contribution in [0.5, 0.6) is 5.75 Å². The standard InChI is InChI=1S/C25H22N4OS/c1-16-21-7-2-3-8-23(21)31-25(16)18-12-22(17-5-4-6-20(30)11-17)29-24(13-18)27-10-9-19-14-26-15-28-19/h2-8,11-15,30H,9-10H2,1H3,(H,26,28)(H,27,29). The van der Waals surface area contributed by atoms with Crippen molar-refractivity contribution in [1.29, 1.82) is 0 Å². The first-order chi connectivity index (χ1) is 15.2. The highest BCUT2D eigenvalue weighted by Crippen LogP contribution is 2.40. The summed E-state index contributed by atoms with van der Waals surface area (Å²) in [5.41, 5.74) is 5.19. The summed E-state index contributed by atoms with van der Waals surface area (Å²) < 4.78 is 1.28.